The molecule has 0 aromatic heterocycles. The van der Waals surface area contributed by atoms with E-state index in [1.165, 1.54) is 6.07 Å². The number of unbranched alkanes of at least 4 members (excludes halogenated alkanes) is 1. The summed E-state index contributed by atoms with van der Waals surface area (Å²) in [7, 11) is 0. The second-order valence-electron chi connectivity index (χ2n) is 4.74. The first-order valence-electron chi connectivity index (χ1n) is 6.57. The summed E-state index contributed by atoms with van der Waals surface area (Å²) in [6.07, 6.45) is 0.633. The summed E-state index contributed by atoms with van der Waals surface area (Å²) in [6.45, 7) is 2.66. The van der Waals surface area contributed by atoms with Crippen molar-refractivity contribution in [3.63, 3.8) is 0 Å². The Morgan fingerprint density at radius 1 is 1.45 bits per heavy atom. The lowest BCUT2D eigenvalue weighted by molar-refractivity contribution is -0.119. The van der Waals surface area contributed by atoms with Gasteiger partial charge in [-0.15, -0.1) is 0 Å². The molecule has 0 aliphatic rings. The number of hydrogen-bond donors (Lipinski definition) is 2. The first-order valence-corrected chi connectivity index (χ1v) is 6.57. The lowest BCUT2D eigenvalue weighted by atomic mass is 10.1. The highest BCUT2D eigenvalue weighted by molar-refractivity contribution is 5.75. The van der Waals surface area contributed by atoms with E-state index in [0.29, 0.717) is 6.54 Å². The molecule has 0 heterocycles. The Hall–Kier alpha value is -1.53. The third kappa shape index (κ3) is 5.22. The van der Waals surface area contributed by atoms with Crippen LogP contribution in [0.15, 0.2) is 18.2 Å². The molecule has 4 nitrogen and oxygen atoms in total. The van der Waals surface area contributed by atoms with Gasteiger partial charge in [-0.2, -0.15) is 0 Å². The number of nitrogens with two attached hydrogens (primary N) is 1. The number of primary amides is 1. The molecule has 1 amide bonds. The van der Waals surface area contributed by atoms with Crippen LogP contribution in [0.2, 0.25) is 0 Å². The average Bonchev–Trinajstić information content (AvgIpc) is 2.35. The van der Waals surface area contributed by atoms with Gasteiger partial charge in [0.05, 0.1) is 12.6 Å². The molecule has 1 aromatic rings. The summed E-state index contributed by atoms with van der Waals surface area (Å²) in [4.78, 5) is 12.6. The van der Waals surface area contributed by atoms with Gasteiger partial charge in [0.1, 0.15) is 11.6 Å². The van der Waals surface area contributed by atoms with E-state index in [4.69, 9.17) is 5.73 Å². The molecule has 0 saturated carbocycles. The van der Waals surface area contributed by atoms with Crippen LogP contribution in [0.5, 0.6) is 0 Å². The number of hydrogen-bond acceptors (Lipinski definition) is 3. The zero-order valence-corrected chi connectivity index (χ0v) is 11.5. The highest BCUT2D eigenvalue weighted by atomic mass is 19.1. The van der Waals surface area contributed by atoms with Crippen molar-refractivity contribution in [3.8, 4) is 0 Å². The highest BCUT2D eigenvalue weighted by Gasteiger charge is 2.18. The molecule has 3 N–H and O–H groups in total. The van der Waals surface area contributed by atoms with E-state index in [9.17, 15) is 18.7 Å². The smallest absolute Gasteiger partial charge is 0.231 e. The van der Waals surface area contributed by atoms with Crippen molar-refractivity contribution in [1.29, 1.82) is 0 Å². The summed E-state index contributed by atoms with van der Waals surface area (Å²) < 4.78 is 26.4. The quantitative estimate of drug-likeness (QED) is 0.762. The Balaban J connectivity index is 2.73. The summed E-state index contributed by atoms with van der Waals surface area (Å²) in [5, 5.41) is 10.0. The van der Waals surface area contributed by atoms with Crippen LogP contribution >= 0.6 is 0 Å². The lowest BCUT2D eigenvalue weighted by Crippen LogP contribution is -2.37. The van der Waals surface area contributed by atoms with E-state index < -0.39 is 23.6 Å². The van der Waals surface area contributed by atoms with E-state index in [-0.39, 0.29) is 18.7 Å². The Morgan fingerprint density at radius 3 is 2.70 bits per heavy atom. The molecule has 1 unspecified atom stereocenters. The fourth-order valence-corrected chi connectivity index (χ4v) is 1.95. The van der Waals surface area contributed by atoms with Gasteiger partial charge >= 0.3 is 0 Å². The topological polar surface area (TPSA) is 66.6 Å². The Labute approximate surface area is 117 Å². The molecule has 1 rings (SSSR count). The standard InChI is InChI=1S/C14H20F2N2O2/c1-2-3-6-18(9-14(17)20)8-13(19)11-5-4-10(15)7-12(11)16/h4-5,7,13,19H,2-3,6,8-9H2,1H3,(H2,17,20). The second-order valence-corrected chi connectivity index (χ2v) is 4.74. The van der Waals surface area contributed by atoms with Crippen molar-refractivity contribution in [1.82, 2.24) is 4.90 Å². The fourth-order valence-electron chi connectivity index (χ4n) is 1.95. The first-order chi connectivity index (χ1) is 9.43. The fraction of sp³-hybridized carbons (Fsp3) is 0.500. The van der Waals surface area contributed by atoms with Crippen LogP contribution in [-0.2, 0) is 4.79 Å². The number of amides is 1. The summed E-state index contributed by atoms with van der Waals surface area (Å²) in [5.41, 5.74) is 5.15. The summed E-state index contributed by atoms with van der Waals surface area (Å²) >= 11 is 0. The molecular weight excluding hydrogens is 266 g/mol. The van der Waals surface area contributed by atoms with Gasteiger partial charge in [-0.05, 0) is 19.0 Å². The minimum Gasteiger partial charge on any atom is -0.387 e. The van der Waals surface area contributed by atoms with Gasteiger partial charge in [0.2, 0.25) is 5.91 Å². The van der Waals surface area contributed by atoms with E-state index in [2.05, 4.69) is 0 Å². The van der Waals surface area contributed by atoms with Gasteiger partial charge in [0.15, 0.2) is 0 Å². The molecule has 1 aromatic carbocycles. The first kappa shape index (κ1) is 16.5. The third-order valence-electron chi connectivity index (χ3n) is 2.96. The molecule has 0 aliphatic carbocycles. The second kappa shape index (κ2) is 7.91. The van der Waals surface area contributed by atoms with Crippen molar-refractivity contribution in [3.05, 3.63) is 35.4 Å². The summed E-state index contributed by atoms with van der Waals surface area (Å²) in [5.74, 6) is -2.00. The Bertz CT molecular complexity index is 455. The molecule has 0 aliphatic heterocycles. The van der Waals surface area contributed by atoms with Gasteiger partial charge in [0.25, 0.3) is 0 Å². The third-order valence-corrected chi connectivity index (χ3v) is 2.96. The van der Waals surface area contributed by atoms with Gasteiger partial charge in [-0.3, -0.25) is 9.69 Å². The van der Waals surface area contributed by atoms with Crippen molar-refractivity contribution in [2.45, 2.75) is 25.9 Å². The number of benzene rings is 1. The maximum atomic E-state index is 13.6. The predicted molar refractivity (Wildman–Crippen MR) is 71.9 cm³/mol. The van der Waals surface area contributed by atoms with Crippen LogP contribution in [0, 0.1) is 11.6 Å². The van der Waals surface area contributed by atoms with Gasteiger partial charge in [-0.1, -0.05) is 19.4 Å². The van der Waals surface area contributed by atoms with Gasteiger partial charge < -0.3 is 10.8 Å². The summed E-state index contributed by atoms with van der Waals surface area (Å²) in [6, 6.07) is 3.02. The maximum absolute atomic E-state index is 13.6. The largest absolute Gasteiger partial charge is 0.387 e. The molecule has 0 bridgehead atoms. The van der Waals surface area contributed by atoms with E-state index in [0.717, 1.165) is 25.0 Å². The normalized spacial score (nSPS) is 12.7. The van der Waals surface area contributed by atoms with Crippen LogP contribution in [0.1, 0.15) is 31.4 Å². The Morgan fingerprint density at radius 2 is 2.15 bits per heavy atom. The van der Waals surface area contributed by atoms with Gasteiger partial charge in [0, 0.05) is 18.2 Å². The number of aliphatic hydroxyl groups excluding tert-OH is 1. The van der Waals surface area contributed by atoms with Crippen molar-refractivity contribution >= 4 is 5.91 Å². The highest BCUT2D eigenvalue weighted by Crippen LogP contribution is 2.19. The number of halogens is 2. The monoisotopic (exact) mass is 286 g/mol. The molecule has 0 fully saturated rings. The number of carbonyl (C=O) groups excluding carboxylic acids is 1. The minimum atomic E-state index is -1.13. The van der Waals surface area contributed by atoms with Crippen LogP contribution in [-0.4, -0.2) is 35.5 Å². The molecule has 0 radical (unpaired) electrons. The van der Waals surface area contributed by atoms with Crippen LogP contribution in [0.4, 0.5) is 8.78 Å². The molecule has 0 saturated heterocycles. The molecule has 20 heavy (non-hydrogen) atoms. The lowest BCUT2D eigenvalue weighted by Gasteiger charge is -2.24. The predicted octanol–water partition coefficient (Wildman–Crippen LogP) is 1.59. The van der Waals surface area contributed by atoms with Crippen LogP contribution in [0.25, 0.3) is 0 Å². The van der Waals surface area contributed by atoms with Crippen molar-refractivity contribution in [2.75, 3.05) is 19.6 Å². The van der Waals surface area contributed by atoms with Crippen molar-refractivity contribution < 1.29 is 18.7 Å². The molecule has 1 atom stereocenters. The zero-order valence-electron chi connectivity index (χ0n) is 11.5. The number of nitrogens with zero attached hydrogens (tertiary/aromatic N) is 1. The number of rotatable bonds is 8. The zero-order chi connectivity index (χ0) is 15.1. The average molecular weight is 286 g/mol. The van der Waals surface area contributed by atoms with E-state index in [1.807, 2.05) is 6.92 Å². The van der Waals surface area contributed by atoms with Crippen LogP contribution in [0.3, 0.4) is 0 Å². The molecular formula is C14H20F2N2O2. The van der Waals surface area contributed by atoms with Gasteiger partial charge in [-0.25, -0.2) is 8.78 Å². The molecule has 0 spiro atoms. The SMILES string of the molecule is CCCCN(CC(N)=O)CC(O)c1ccc(F)cc1F. The van der Waals surface area contributed by atoms with E-state index in [1.54, 1.807) is 4.90 Å². The maximum Gasteiger partial charge on any atom is 0.231 e. The molecule has 6 heteroatoms. The minimum absolute atomic E-state index is 0.000125. The number of aliphatic hydroxyl groups is 1. The number of carbonyl (C=O) groups is 1. The van der Waals surface area contributed by atoms with Crippen molar-refractivity contribution in [2.24, 2.45) is 5.73 Å². The molecule has 112 valence electrons. The van der Waals surface area contributed by atoms with Crippen LogP contribution < -0.4 is 5.73 Å². The van der Waals surface area contributed by atoms with E-state index >= 15 is 0 Å². The Kier molecular flexibility index (Phi) is 6.54.